The smallest absolute Gasteiger partial charge is 0.263 e. The SMILES string of the molecule is CN(CCC(N)=S)C(=O)c1cc2c(s1)CCCCC2. The lowest BCUT2D eigenvalue weighted by atomic mass is 10.1. The Morgan fingerprint density at radius 1 is 1.42 bits per heavy atom. The maximum Gasteiger partial charge on any atom is 0.263 e. The Morgan fingerprint density at radius 3 is 2.89 bits per heavy atom. The normalized spacial score (nSPS) is 14.6. The Hall–Kier alpha value is -0.940. The Bertz CT molecular complexity index is 458. The van der Waals surface area contributed by atoms with Gasteiger partial charge in [0.05, 0.1) is 9.87 Å². The van der Waals surface area contributed by atoms with Crippen molar-refractivity contribution in [1.29, 1.82) is 0 Å². The summed E-state index contributed by atoms with van der Waals surface area (Å²) in [5, 5.41) is 0. The molecule has 19 heavy (non-hydrogen) atoms. The van der Waals surface area contributed by atoms with Crippen molar-refractivity contribution in [3.8, 4) is 0 Å². The van der Waals surface area contributed by atoms with Crippen molar-refractivity contribution in [2.24, 2.45) is 5.73 Å². The topological polar surface area (TPSA) is 46.3 Å². The molecule has 1 aliphatic rings. The molecule has 2 rings (SSSR count). The molecular formula is C14H20N2OS2. The predicted octanol–water partition coefficient (Wildman–Crippen LogP) is 2.77. The van der Waals surface area contributed by atoms with Gasteiger partial charge in [0, 0.05) is 24.9 Å². The summed E-state index contributed by atoms with van der Waals surface area (Å²) in [5.41, 5.74) is 6.86. The van der Waals surface area contributed by atoms with Crippen LogP contribution < -0.4 is 5.73 Å². The van der Waals surface area contributed by atoms with Crippen molar-refractivity contribution in [2.75, 3.05) is 13.6 Å². The van der Waals surface area contributed by atoms with E-state index in [0.717, 1.165) is 17.7 Å². The minimum Gasteiger partial charge on any atom is -0.393 e. The van der Waals surface area contributed by atoms with Gasteiger partial charge in [-0.3, -0.25) is 4.79 Å². The first-order valence-corrected chi connectivity index (χ1v) is 7.95. The number of thiocarbonyl (C=S) groups is 1. The molecule has 1 amide bonds. The van der Waals surface area contributed by atoms with Crippen LogP contribution >= 0.6 is 23.6 Å². The molecule has 0 radical (unpaired) electrons. The van der Waals surface area contributed by atoms with E-state index in [1.807, 2.05) is 7.05 Å². The number of nitrogens with two attached hydrogens (primary N) is 1. The second kappa shape index (κ2) is 6.48. The highest BCUT2D eigenvalue weighted by Gasteiger charge is 2.18. The van der Waals surface area contributed by atoms with Crippen molar-refractivity contribution in [3.05, 3.63) is 21.4 Å². The standard InChI is InChI=1S/C14H20N2OS2/c1-16(8-7-13(15)18)14(17)12-9-10-5-3-2-4-6-11(10)19-12/h9H,2-8H2,1H3,(H2,15,18). The van der Waals surface area contributed by atoms with Crippen molar-refractivity contribution >= 4 is 34.5 Å². The number of hydrogen-bond acceptors (Lipinski definition) is 3. The molecule has 5 heteroatoms. The molecule has 0 atom stereocenters. The number of carbonyl (C=O) groups excluding carboxylic acids is 1. The minimum absolute atomic E-state index is 0.0920. The molecule has 104 valence electrons. The molecular weight excluding hydrogens is 276 g/mol. The van der Waals surface area contributed by atoms with Crippen LogP contribution in [0.2, 0.25) is 0 Å². The zero-order valence-electron chi connectivity index (χ0n) is 11.3. The molecule has 2 N–H and O–H groups in total. The summed E-state index contributed by atoms with van der Waals surface area (Å²) in [4.78, 5) is 16.8. The Kier molecular flexibility index (Phi) is 4.93. The Labute approximate surface area is 123 Å². The number of carbonyl (C=O) groups is 1. The maximum absolute atomic E-state index is 12.3. The fraction of sp³-hybridized carbons (Fsp3) is 0.571. The van der Waals surface area contributed by atoms with E-state index in [1.54, 1.807) is 16.2 Å². The van der Waals surface area contributed by atoms with E-state index < -0.39 is 0 Å². The molecule has 0 spiro atoms. The molecule has 1 heterocycles. The van der Waals surface area contributed by atoms with Crippen LogP contribution in [-0.2, 0) is 12.8 Å². The van der Waals surface area contributed by atoms with Gasteiger partial charge in [-0.15, -0.1) is 11.3 Å². The molecule has 0 unspecified atom stereocenters. The van der Waals surface area contributed by atoms with Gasteiger partial charge >= 0.3 is 0 Å². The van der Waals surface area contributed by atoms with E-state index in [9.17, 15) is 4.79 Å². The summed E-state index contributed by atoms with van der Waals surface area (Å²) in [7, 11) is 1.81. The van der Waals surface area contributed by atoms with Crippen molar-refractivity contribution in [2.45, 2.75) is 38.5 Å². The maximum atomic E-state index is 12.3. The number of fused-ring (bicyclic) bond motifs is 1. The molecule has 0 saturated heterocycles. The monoisotopic (exact) mass is 296 g/mol. The Balaban J connectivity index is 2.05. The van der Waals surface area contributed by atoms with Gasteiger partial charge in [0.1, 0.15) is 0 Å². The number of rotatable bonds is 4. The van der Waals surface area contributed by atoms with E-state index >= 15 is 0 Å². The van der Waals surface area contributed by atoms with Crippen molar-refractivity contribution in [3.63, 3.8) is 0 Å². The van der Waals surface area contributed by atoms with Gasteiger partial charge in [-0.25, -0.2) is 0 Å². The van der Waals surface area contributed by atoms with Gasteiger partial charge in [-0.1, -0.05) is 18.6 Å². The molecule has 1 aromatic rings. The highest BCUT2D eigenvalue weighted by Crippen LogP contribution is 2.29. The van der Waals surface area contributed by atoms with Gasteiger partial charge in [-0.05, 0) is 37.3 Å². The van der Waals surface area contributed by atoms with E-state index in [0.29, 0.717) is 18.0 Å². The number of amides is 1. The van der Waals surface area contributed by atoms with E-state index in [-0.39, 0.29) is 5.91 Å². The second-order valence-corrected chi connectivity index (χ2v) is 6.72. The van der Waals surface area contributed by atoms with E-state index in [2.05, 4.69) is 6.07 Å². The van der Waals surface area contributed by atoms with Crippen LogP contribution in [0.5, 0.6) is 0 Å². The largest absolute Gasteiger partial charge is 0.393 e. The first kappa shape index (κ1) is 14.5. The van der Waals surface area contributed by atoms with Gasteiger partial charge in [-0.2, -0.15) is 0 Å². The first-order valence-electron chi connectivity index (χ1n) is 6.73. The molecule has 0 fully saturated rings. The first-order chi connectivity index (χ1) is 9.08. The summed E-state index contributed by atoms with van der Waals surface area (Å²) in [6.45, 7) is 0.594. The molecule has 0 saturated carbocycles. The van der Waals surface area contributed by atoms with Crippen molar-refractivity contribution < 1.29 is 4.79 Å². The van der Waals surface area contributed by atoms with Gasteiger partial charge in [0.15, 0.2) is 0 Å². The molecule has 0 aliphatic heterocycles. The van der Waals surface area contributed by atoms with Crippen molar-refractivity contribution in [1.82, 2.24) is 4.90 Å². The van der Waals surface area contributed by atoms with Crippen LogP contribution in [0.4, 0.5) is 0 Å². The lowest BCUT2D eigenvalue weighted by Crippen LogP contribution is -2.29. The zero-order chi connectivity index (χ0) is 13.8. The summed E-state index contributed by atoms with van der Waals surface area (Å²) >= 11 is 6.51. The number of nitrogens with zero attached hydrogens (tertiary/aromatic N) is 1. The van der Waals surface area contributed by atoms with Crippen LogP contribution in [0.15, 0.2) is 6.07 Å². The van der Waals surface area contributed by atoms with Crippen LogP contribution in [0.1, 0.15) is 45.8 Å². The third-order valence-electron chi connectivity index (χ3n) is 3.50. The lowest BCUT2D eigenvalue weighted by Gasteiger charge is -2.15. The number of thiophene rings is 1. The highest BCUT2D eigenvalue weighted by atomic mass is 32.1. The summed E-state index contributed by atoms with van der Waals surface area (Å²) < 4.78 is 0. The van der Waals surface area contributed by atoms with Crippen LogP contribution in [0, 0.1) is 0 Å². The fourth-order valence-corrected chi connectivity index (χ4v) is 3.68. The van der Waals surface area contributed by atoms with Crippen LogP contribution in [-0.4, -0.2) is 29.4 Å². The zero-order valence-corrected chi connectivity index (χ0v) is 12.9. The summed E-state index contributed by atoms with van der Waals surface area (Å²) in [6.07, 6.45) is 6.63. The fourth-order valence-electron chi connectivity index (χ4n) is 2.34. The van der Waals surface area contributed by atoms with Gasteiger partial charge < -0.3 is 10.6 Å². The third kappa shape index (κ3) is 3.76. The van der Waals surface area contributed by atoms with E-state index in [4.69, 9.17) is 18.0 Å². The molecule has 1 aromatic heterocycles. The minimum atomic E-state index is 0.0920. The number of hydrogen-bond donors (Lipinski definition) is 1. The van der Waals surface area contributed by atoms with Gasteiger partial charge in [0.2, 0.25) is 0 Å². The van der Waals surface area contributed by atoms with E-state index in [1.165, 1.54) is 29.7 Å². The predicted molar refractivity (Wildman–Crippen MR) is 83.9 cm³/mol. The second-order valence-electron chi connectivity index (χ2n) is 5.06. The number of aryl methyl sites for hydroxylation is 2. The molecule has 0 aromatic carbocycles. The quantitative estimate of drug-likeness (QED) is 0.686. The average Bonchev–Trinajstić information content (AvgIpc) is 2.66. The molecule has 0 bridgehead atoms. The Morgan fingerprint density at radius 2 is 2.16 bits per heavy atom. The molecule has 3 nitrogen and oxygen atoms in total. The van der Waals surface area contributed by atoms with Crippen LogP contribution in [0.3, 0.4) is 0 Å². The highest BCUT2D eigenvalue weighted by molar-refractivity contribution is 7.80. The molecule has 1 aliphatic carbocycles. The van der Waals surface area contributed by atoms with Gasteiger partial charge in [0.25, 0.3) is 5.91 Å². The van der Waals surface area contributed by atoms with Crippen LogP contribution in [0.25, 0.3) is 0 Å². The average molecular weight is 296 g/mol. The summed E-state index contributed by atoms with van der Waals surface area (Å²) in [5.74, 6) is 0.0920. The lowest BCUT2D eigenvalue weighted by molar-refractivity contribution is 0.0803. The summed E-state index contributed by atoms with van der Waals surface area (Å²) in [6, 6.07) is 2.09. The third-order valence-corrected chi connectivity index (χ3v) is 4.93.